The average Bonchev–Trinajstić information content (AvgIpc) is 2.59. The van der Waals surface area contributed by atoms with Crippen LogP contribution in [0.2, 0.25) is 0 Å². The summed E-state index contributed by atoms with van der Waals surface area (Å²) in [7, 11) is 1.27. The Kier molecular flexibility index (Phi) is 5.97. The Labute approximate surface area is 129 Å². The lowest BCUT2D eigenvalue weighted by atomic mass is 10.1. The molecular formula is C16H19NO5. The minimum absolute atomic E-state index is 0.111. The second-order valence-electron chi connectivity index (χ2n) is 4.81. The number of amides is 1. The minimum Gasteiger partial charge on any atom is -0.464 e. The number of carbonyl (C=O) groups is 2. The monoisotopic (exact) mass is 305 g/mol. The zero-order valence-corrected chi connectivity index (χ0v) is 12.5. The summed E-state index contributed by atoms with van der Waals surface area (Å²) in [5.41, 5.74) is 1.70. The van der Waals surface area contributed by atoms with E-state index in [1.165, 1.54) is 7.11 Å². The van der Waals surface area contributed by atoms with Crippen molar-refractivity contribution < 1.29 is 23.8 Å². The Hall–Kier alpha value is -2.34. The third-order valence-electron chi connectivity index (χ3n) is 3.23. The van der Waals surface area contributed by atoms with E-state index >= 15 is 0 Å². The van der Waals surface area contributed by atoms with Crippen molar-refractivity contribution in [3.05, 3.63) is 47.2 Å². The molecule has 0 aromatic heterocycles. The summed E-state index contributed by atoms with van der Waals surface area (Å²) < 4.78 is 15.1. The van der Waals surface area contributed by atoms with Crippen LogP contribution in [0.5, 0.6) is 0 Å². The van der Waals surface area contributed by atoms with Crippen LogP contribution in [0.25, 0.3) is 0 Å². The number of hydrogen-bond donors (Lipinski definition) is 1. The molecule has 0 atom stereocenters. The summed E-state index contributed by atoms with van der Waals surface area (Å²) in [5, 5.41) is 2.47. The fraction of sp³-hybridized carbons (Fsp3) is 0.375. The van der Waals surface area contributed by atoms with Gasteiger partial charge in [0.25, 0.3) is 0 Å². The van der Waals surface area contributed by atoms with Crippen LogP contribution in [0, 0.1) is 0 Å². The fourth-order valence-corrected chi connectivity index (χ4v) is 2.10. The molecule has 1 heterocycles. The van der Waals surface area contributed by atoms with Crippen LogP contribution in [-0.2, 0) is 25.6 Å². The van der Waals surface area contributed by atoms with Gasteiger partial charge in [-0.05, 0) is 24.0 Å². The highest BCUT2D eigenvalue weighted by Crippen LogP contribution is 2.16. The number of alkyl carbamates (subject to hydrolysis) is 1. The maximum Gasteiger partial charge on any atom is 0.412 e. The molecule has 118 valence electrons. The summed E-state index contributed by atoms with van der Waals surface area (Å²) >= 11 is 0. The van der Waals surface area contributed by atoms with Gasteiger partial charge in [0.1, 0.15) is 12.3 Å². The molecule has 0 saturated carbocycles. The summed E-state index contributed by atoms with van der Waals surface area (Å²) in [5.74, 6) is -0.600. The highest BCUT2D eigenvalue weighted by Gasteiger charge is 2.21. The number of ether oxygens (including phenoxy) is 3. The fourth-order valence-electron chi connectivity index (χ4n) is 2.10. The van der Waals surface area contributed by atoms with Crippen LogP contribution in [0.15, 0.2) is 41.6 Å². The predicted octanol–water partition coefficient (Wildman–Crippen LogP) is 2.15. The van der Waals surface area contributed by atoms with Gasteiger partial charge in [0.05, 0.1) is 13.7 Å². The van der Waals surface area contributed by atoms with Crippen LogP contribution < -0.4 is 5.32 Å². The molecule has 1 N–H and O–H groups in total. The summed E-state index contributed by atoms with van der Waals surface area (Å²) in [6, 6.07) is 9.30. The molecule has 1 aromatic rings. The van der Waals surface area contributed by atoms with Gasteiger partial charge in [0.2, 0.25) is 0 Å². The summed E-state index contributed by atoms with van der Waals surface area (Å²) in [6.07, 6.45) is 0.794. The van der Waals surface area contributed by atoms with Crippen molar-refractivity contribution in [3.63, 3.8) is 0 Å². The molecule has 1 aliphatic rings. The van der Waals surface area contributed by atoms with Crippen LogP contribution >= 0.6 is 0 Å². The van der Waals surface area contributed by atoms with E-state index in [0.717, 1.165) is 17.6 Å². The maximum absolute atomic E-state index is 11.9. The van der Waals surface area contributed by atoms with E-state index in [1.54, 1.807) is 0 Å². The van der Waals surface area contributed by atoms with E-state index in [2.05, 4.69) is 5.32 Å². The van der Waals surface area contributed by atoms with E-state index in [4.69, 9.17) is 14.2 Å². The smallest absolute Gasteiger partial charge is 0.412 e. The molecule has 0 unspecified atom stereocenters. The molecular weight excluding hydrogens is 286 g/mol. The first kappa shape index (κ1) is 16.0. The van der Waals surface area contributed by atoms with E-state index in [0.29, 0.717) is 19.6 Å². The van der Waals surface area contributed by atoms with Crippen molar-refractivity contribution in [1.82, 2.24) is 5.32 Å². The molecule has 1 saturated heterocycles. The molecule has 1 fully saturated rings. The van der Waals surface area contributed by atoms with Crippen LogP contribution in [0.3, 0.4) is 0 Å². The SMILES string of the molecule is COC(=O)C(NC(=O)OCc1ccccc1)=C1CCCOC1. The number of nitrogens with one attached hydrogen (secondary N) is 1. The number of rotatable bonds is 4. The first-order valence-electron chi connectivity index (χ1n) is 7.06. The molecule has 22 heavy (non-hydrogen) atoms. The third kappa shape index (κ3) is 4.60. The normalized spacial score (nSPS) is 16.6. The molecule has 1 aromatic carbocycles. The Morgan fingerprint density at radius 1 is 1.27 bits per heavy atom. The molecule has 1 aliphatic heterocycles. The quantitative estimate of drug-likeness (QED) is 0.681. The Bertz CT molecular complexity index is 545. The van der Waals surface area contributed by atoms with Crippen molar-refractivity contribution in [2.24, 2.45) is 0 Å². The molecule has 6 heteroatoms. The van der Waals surface area contributed by atoms with Crippen molar-refractivity contribution >= 4 is 12.1 Å². The zero-order valence-electron chi connectivity index (χ0n) is 12.5. The van der Waals surface area contributed by atoms with Gasteiger partial charge < -0.3 is 14.2 Å². The van der Waals surface area contributed by atoms with Gasteiger partial charge in [0.15, 0.2) is 0 Å². The third-order valence-corrected chi connectivity index (χ3v) is 3.23. The minimum atomic E-state index is -0.692. The van der Waals surface area contributed by atoms with Crippen LogP contribution in [0.4, 0.5) is 4.79 Å². The van der Waals surface area contributed by atoms with E-state index in [9.17, 15) is 9.59 Å². The first-order valence-corrected chi connectivity index (χ1v) is 7.06. The number of hydrogen-bond acceptors (Lipinski definition) is 5. The Balaban J connectivity index is 1.97. The first-order chi connectivity index (χ1) is 10.7. The molecule has 6 nitrogen and oxygen atoms in total. The van der Waals surface area contributed by atoms with Gasteiger partial charge in [-0.25, -0.2) is 9.59 Å². The largest absolute Gasteiger partial charge is 0.464 e. The summed E-state index contributed by atoms with van der Waals surface area (Å²) in [4.78, 5) is 23.7. The van der Waals surface area contributed by atoms with Gasteiger partial charge >= 0.3 is 12.1 Å². The summed E-state index contributed by atoms with van der Waals surface area (Å²) in [6.45, 7) is 1.09. The molecule has 0 aliphatic carbocycles. The van der Waals surface area contributed by atoms with Crippen LogP contribution in [-0.4, -0.2) is 32.4 Å². The van der Waals surface area contributed by atoms with Crippen molar-refractivity contribution in [1.29, 1.82) is 0 Å². The van der Waals surface area contributed by atoms with Gasteiger partial charge in [0, 0.05) is 6.61 Å². The number of benzene rings is 1. The van der Waals surface area contributed by atoms with E-state index in [1.807, 2.05) is 30.3 Å². The molecule has 0 bridgehead atoms. The second-order valence-corrected chi connectivity index (χ2v) is 4.81. The predicted molar refractivity (Wildman–Crippen MR) is 78.9 cm³/mol. The molecule has 0 radical (unpaired) electrons. The number of esters is 1. The van der Waals surface area contributed by atoms with E-state index in [-0.39, 0.29) is 12.3 Å². The standard InChI is InChI=1S/C16H19NO5/c1-20-15(18)14(13-8-5-9-21-11-13)17-16(19)22-10-12-6-3-2-4-7-12/h2-4,6-7H,5,8-11H2,1H3,(H,17,19). The van der Waals surface area contributed by atoms with Crippen molar-refractivity contribution in [3.8, 4) is 0 Å². The number of methoxy groups -OCH3 is 1. The lowest BCUT2D eigenvalue weighted by molar-refractivity contribution is -0.136. The topological polar surface area (TPSA) is 73.9 Å². The van der Waals surface area contributed by atoms with Crippen molar-refractivity contribution in [2.45, 2.75) is 19.4 Å². The van der Waals surface area contributed by atoms with Gasteiger partial charge in [-0.3, -0.25) is 5.32 Å². The highest BCUT2D eigenvalue weighted by molar-refractivity contribution is 5.93. The van der Waals surface area contributed by atoms with Crippen LogP contribution in [0.1, 0.15) is 18.4 Å². The van der Waals surface area contributed by atoms with Crippen molar-refractivity contribution in [2.75, 3.05) is 20.3 Å². The Morgan fingerprint density at radius 3 is 2.68 bits per heavy atom. The molecule has 1 amide bonds. The zero-order chi connectivity index (χ0) is 15.8. The molecule has 0 spiro atoms. The molecule has 2 rings (SSSR count). The maximum atomic E-state index is 11.9. The lowest BCUT2D eigenvalue weighted by Crippen LogP contribution is -2.31. The average molecular weight is 305 g/mol. The Morgan fingerprint density at radius 2 is 2.05 bits per heavy atom. The lowest BCUT2D eigenvalue weighted by Gasteiger charge is -2.18. The highest BCUT2D eigenvalue weighted by atomic mass is 16.6. The van der Waals surface area contributed by atoms with E-state index < -0.39 is 12.1 Å². The van der Waals surface area contributed by atoms with Gasteiger partial charge in [-0.2, -0.15) is 0 Å². The second kappa shape index (κ2) is 8.19. The van der Waals surface area contributed by atoms with Gasteiger partial charge in [-0.15, -0.1) is 0 Å². The van der Waals surface area contributed by atoms with Gasteiger partial charge in [-0.1, -0.05) is 30.3 Å². The number of carbonyl (C=O) groups excluding carboxylic acids is 2.